The van der Waals surface area contributed by atoms with Crippen molar-refractivity contribution in [1.29, 1.82) is 0 Å². The number of aromatic nitrogens is 1. The molecule has 1 aromatic rings. The molecule has 2 heterocycles. The van der Waals surface area contributed by atoms with E-state index in [0.717, 1.165) is 18.0 Å². The van der Waals surface area contributed by atoms with Gasteiger partial charge in [0, 0.05) is 18.0 Å². The van der Waals surface area contributed by atoms with Gasteiger partial charge in [0.1, 0.15) is 0 Å². The fraction of sp³-hybridized carbons (Fsp3) is 0.467. The Morgan fingerprint density at radius 1 is 1.37 bits per heavy atom. The summed E-state index contributed by atoms with van der Waals surface area (Å²) in [5.74, 6) is 1.50. The molecule has 4 heteroatoms. The predicted octanol–water partition coefficient (Wildman–Crippen LogP) is 2.26. The minimum Gasteiger partial charge on any atom is -0.481 e. The van der Waals surface area contributed by atoms with Crippen molar-refractivity contribution in [3.05, 3.63) is 29.5 Å². The molecule has 1 aliphatic carbocycles. The Labute approximate surface area is 112 Å². The van der Waals surface area contributed by atoms with Crippen LogP contribution < -0.4 is 10.1 Å². The molecular weight excluding hydrogens is 240 g/mol. The van der Waals surface area contributed by atoms with Gasteiger partial charge in [0.15, 0.2) is 0 Å². The van der Waals surface area contributed by atoms with Crippen LogP contribution in [-0.4, -0.2) is 24.0 Å². The molecule has 1 aromatic heterocycles. The van der Waals surface area contributed by atoms with E-state index in [1.165, 1.54) is 18.4 Å². The molecule has 0 bridgehead atoms. The first-order valence-electron chi connectivity index (χ1n) is 6.79. The molecule has 3 rings (SSSR count). The highest BCUT2D eigenvalue weighted by atomic mass is 16.5. The van der Waals surface area contributed by atoms with Gasteiger partial charge in [-0.3, -0.25) is 4.79 Å². The van der Waals surface area contributed by atoms with Crippen LogP contribution in [0.5, 0.6) is 5.88 Å². The number of carbonyl (C=O) groups excluding carboxylic acids is 1. The SMILES string of the molecule is COc1nc(/C=C\C2CCC(=O)N2)ccc1C1CC1. The Morgan fingerprint density at radius 2 is 2.21 bits per heavy atom. The van der Waals surface area contributed by atoms with Crippen LogP contribution in [0.15, 0.2) is 18.2 Å². The lowest BCUT2D eigenvalue weighted by Crippen LogP contribution is -2.22. The number of hydrogen-bond donors (Lipinski definition) is 1. The van der Waals surface area contributed by atoms with Crippen LogP contribution in [0, 0.1) is 0 Å². The van der Waals surface area contributed by atoms with Crippen molar-refractivity contribution in [3.8, 4) is 5.88 Å². The smallest absolute Gasteiger partial charge is 0.220 e. The van der Waals surface area contributed by atoms with Gasteiger partial charge in [-0.2, -0.15) is 0 Å². The van der Waals surface area contributed by atoms with E-state index in [4.69, 9.17) is 4.74 Å². The molecule has 0 radical (unpaired) electrons. The van der Waals surface area contributed by atoms with Gasteiger partial charge in [-0.05, 0) is 37.3 Å². The first kappa shape index (κ1) is 12.2. The third-order valence-electron chi connectivity index (χ3n) is 3.65. The van der Waals surface area contributed by atoms with Gasteiger partial charge in [-0.1, -0.05) is 12.1 Å². The van der Waals surface area contributed by atoms with Crippen LogP contribution in [0.2, 0.25) is 0 Å². The lowest BCUT2D eigenvalue weighted by Gasteiger charge is -2.07. The molecule has 1 amide bonds. The molecule has 1 saturated heterocycles. The number of hydrogen-bond acceptors (Lipinski definition) is 3. The van der Waals surface area contributed by atoms with Gasteiger partial charge in [-0.25, -0.2) is 4.98 Å². The van der Waals surface area contributed by atoms with Gasteiger partial charge in [0.2, 0.25) is 11.8 Å². The van der Waals surface area contributed by atoms with Crippen LogP contribution in [0.4, 0.5) is 0 Å². The number of nitrogens with one attached hydrogen (secondary N) is 1. The summed E-state index contributed by atoms with van der Waals surface area (Å²) in [5.41, 5.74) is 2.09. The van der Waals surface area contributed by atoms with E-state index in [-0.39, 0.29) is 11.9 Å². The van der Waals surface area contributed by atoms with Crippen molar-refractivity contribution in [3.63, 3.8) is 0 Å². The average Bonchev–Trinajstić information content (AvgIpc) is 3.19. The number of methoxy groups -OCH3 is 1. The van der Waals surface area contributed by atoms with E-state index < -0.39 is 0 Å². The summed E-state index contributed by atoms with van der Waals surface area (Å²) in [7, 11) is 1.67. The number of nitrogens with zero attached hydrogens (tertiary/aromatic N) is 1. The van der Waals surface area contributed by atoms with Gasteiger partial charge in [0.25, 0.3) is 0 Å². The second-order valence-corrected chi connectivity index (χ2v) is 5.18. The standard InChI is InChI=1S/C15H18N2O2/c1-19-15-13(10-2-3-10)8-6-12(17-15)5-4-11-7-9-14(18)16-11/h4-6,8,10-11H,2-3,7,9H2,1H3,(H,16,18)/b5-4-. The maximum absolute atomic E-state index is 11.1. The number of carbonyl (C=O) groups is 1. The van der Waals surface area contributed by atoms with Crippen LogP contribution in [0.1, 0.15) is 42.9 Å². The third-order valence-corrected chi connectivity index (χ3v) is 3.65. The number of pyridine rings is 1. The third kappa shape index (κ3) is 2.78. The number of ether oxygens (including phenoxy) is 1. The van der Waals surface area contributed by atoms with Crippen molar-refractivity contribution in [1.82, 2.24) is 10.3 Å². The monoisotopic (exact) mass is 258 g/mol. The highest BCUT2D eigenvalue weighted by Gasteiger charge is 2.27. The van der Waals surface area contributed by atoms with Crippen molar-refractivity contribution in [2.24, 2.45) is 0 Å². The van der Waals surface area contributed by atoms with Gasteiger partial charge in [0.05, 0.1) is 12.8 Å². The summed E-state index contributed by atoms with van der Waals surface area (Å²) in [5, 5.41) is 2.91. The molecule has 0 aromatic carbocycles. The van der Waals surface area contributed by atoms with E-state index in [1.54, 1.807) is 7.11 Å². The van der Waals surface area contributed by atoms with E-state index in [1.807, 2.05) is 18.2 Å². The average molecular weight is 258 g/mol. The van der Waals surface area contributed by atoms with Crippen LogP contribution in [0.25, 0.3) is 6.08 Å². The molecule has 1 aliphatic heterocycles. The van der Waals surface area contributed by atoms with Crippen LogP contribution >= 0.6 is 0 Å². The Kier molecular flexibility index (Phi) is 3.23. The van der Waals surface area contributed by atoms with E-state index in [0.29, 0.717) is 12.3 Å². The molecule has 1 N–H and O–H groups in total. The second kappa shape index (κ2) is 5.03. The first-order valence-corrected chi connectivity index (χ1v) is 6.79. The maximum Gasteiger partial charge on any atom is 0.220 e. The summed E-state index contributed by atoms with van der Waals surface area (Å²) >= 11 is 0. The summed E-state index contributed by atoms with van der Waals surface area (Å²) in [6, 6.07) is 4.27. The van der Waals surface area contributed by atoms with Gasteiger partial charge < -0.3 is 10.1 Å². The van der Waals surface area contributed by atoms with Crippen molar-refractivity contribution < 1.29 is 9.53 Å². The molecule has 4 nitrogen and oxygen atoms in total. The summed E-state index contributed by atoms with van der Waals surface area (Å²) in [4.78, 5) is 15.6. The molecular formula is C15H18N2O2. The van der Waals surface area contributed by atoms with Gasteiger partial charge in [-0.15, -0.1) is 0 Å². The maximum atomic E-state index is 11.1. The van der Waals surface area contributed by atoms with Crippen LogP contribution in [-0.2, 0) is 4.79 Å². The fourth-order valence-corrected chi connectivity index (χ4v) is 2.42. The zero-order valence-electron chi connectivity index (χ0n) is 11.1. The zero-order valence-corrected chi connectivity index (χ0v) is 11.1. The fourth-order valence-electron chi connectivity index (χ4n) is 2.42. The van der Waals surface area contributed by atoms with Crippen molar-refractivity contribution >= 4 is 12.0 Å². The summed E-state index contributed by atoms with van der Waals surface area (Å²) in [6.45, 7) is 0. The van der Waals surface area contributed by atoms with Crippen molar-refractivity contribution in [2.45, 2.75) is 37.6 Å². The molecule has 19 heavy (non-hydrogen) atoms. The van der Waals surface area contributed by atoms with E-state index in [9.17, 15) is 4.79 Å². The second-order valence-electron chi connectivity index (χ2n) is 5.18. The minimum atomic E-state index is 0.129. The largest absolute Gasteiger partial charge is 0.481 e. The predicted molar refractivity (Wildman–Crippen MR) is 73.0 cm³/mol. The van der Waals surface area contributed by atoms with E-state index in [2.05, 4.69) is 16.4 Å². The summed E-state index contributed by atoms with van der Waals surface area (Å²) in [6.07, 6.45) is 7.92. The quantitative estimate of drug-likeness (QED) is 0.901. The van der Waals surface area contributed by atoms with E-state index >= 15 is 0 Å². The molecule has 1 unspecified atom stereocenters. The lowest BCUT2D eigenvalue weighted by atomic mass is 10.1. The Balaban J connectivity index is 1.74. The minimum absolute atomic E-state index is 0.129. The highest BCUT2D eigenvalue weighted by molar-refractivity contribution is 5.79. The highest BCUT2D eigenvalue weighted by Crippen LogP contribution is 2.43. The van der Waals surface area contributed by atoms with Crippen LogP contribution in [0.3, 0.4) is 0 Å². The molecule has 2 aliphatic rings. The Morgan fingerprint density at radius 3 is 2.84 bits per heavy atom. The number of rotatable bonds is 4. The molecule has 1 atom stereocenters. The van der Waals surface area contributed by atoms with Crippen molar-refractivity contribution in [2.75, 3.05) is 7.11 Å². The Hall–Kier alpha value is -1.84. The molecule has 2 fully saturated rings. The summed E-state index contributed by atoms with van der Waals surface area (Å²) < 4.78 is 5.36. The number of amides is 1. The normalized spacial score (nSPS) is 22.8. The lowest BCUT2D eigenvalue weighted by molar-refractivity contribution is -0.119. The topological polar surface area (TPSA) is 51.2 Å². The first-order chi connectivity index (χ1) is 9.26. The zero-order chi connectivity index (χ0) is 13.2. The molecule has 1 saturated carbocycles. The van der Waals surface area contributed by atoms with Gasteiger partial charge >= 0.3 is 0 Å². The molecule has 100 valence electrons. The molecule has 0 spiro atoms. The Bertz CT molecular complexity index is 521.